The Morgan fingerprint density at radius 3 is 2.76 bits per heavy atom. The standard InChI is InChI=1S/C10H9ClFNO4/c1-2-17-8(14)5-6-3-4-7(11)10(9(6)12)13(15)16/h3-4H,2,5H2,1H3. The first-order chi connectivity index (χ1) is 7.97. The molecule has 0 saturated heterocycles. The van der Waals surface area contributed by atoms with Gasteiger partial charge in [-0.05, 0) is 13.0 Å². The largest absolute Gasteiger partial charge is 0.466 e. The lowest BCUT2D eigenvalue weighted by Gasteiger charge is -2.04. The Hall–Kier alpha value is -1.69. The van der Waals surface area contributed by atoms with E-state index in [4.69, 9.17) is 11.6 Å². The topological polar surface area (TPSA) is 69.4 Å². The third-order valence-electron chi connectivity index (χ3n) is 1.97. The average Bonchev–Trinajstić information content (AvgIpc) is 2.22. The van der Waals surface area contributed by atoms with E-state index in [0.717, 1.165) is 0 Å². The number of rotatable bonds is 4. The number of carbonyl (C=O) groups is 1. The van der Waals surface area contributed by atoms with Gasteiger partial charge in [-0.1, -0.05) is 17.7 Å². The molecule has 0 spiro atoms. The highest BCUT2D eigenvalue weighted by atomic mass is 35.5. The average molecular weight is 262 g/mol. The minimum absolute atomic E-state index is 0.112. The SMILES string of the molecule is CCOC(=O)Cc1ccc(Cl)c([N+](=O)[O-])c1F. The summed E-state index contributed by atoms with van der Waals surface area (Å²) in [6.45, 7) is 1.77. The molecule has 0 saturated carbocycles. The maximum atomic E-state index is 13.7. The number of carbonyl (C=O) groups excluding carboxylic acids is 1. The Balaban J connectivity index is 3.07. The van der Waals surface area contributed by atoms with E-state index >= 15 is 0 Å². The Kier molecular flexibility index (Phi) is 4.39. The summed E-state index contributed by atoms with van der Waals surface area (Å²) in [6.07, 6.45) is -0.363. The fraction of sp³-hybridized carbons (Fsp3) is 0.300. The number of ether oxygens (including phenoxy) is 1. The van der Waals surface area contributed by atoms with Crippen molar-refractivity contribution >= 4 is 23.3 Å². The lowest BCUT2D eigenvalue weighted by atomic mass is 10.1. The summed E-state index contributed by atoms with van der Waals surface area (Å²) in [7, 11) is 0. The second-order valence-corrected chi connectivity index (χ2v) is 3.52. The zero-order valence-electron chi connectivity index (χ0n) is 8.91. The van der Waals surface area contributed by atoms with Crippen molar-refractivity contribution < 1.29 is 18.8 Å². The molecule has 0 N–H and O–H groups in total. The van der Waals surface area contributed by atoms with E-state index in [1.165, 1.54) is 12.1 Å². The van der Waals surface area contributed by atoms with Crippen LogP contribution in [0.4, 0.5) is 10.1 Å². The predicted molar refractivity (Wildman–Crippen MR) is 58.4 cm³/mol. The van der Waals surface area contributed by atoms with Crippen LogP contribution >= 0.6 is 11.6 Å². The molecule has 0 bridgehead atoms. The zero-order valence-corrected chi connectivity index (χ0v) is 9.66. The van der Waals surface area contributed by atoms with E-state index in [0.29, 0.717) is 0 Å². The number of nitrogens with zero attached hydrogens (tertiary/aromatic N) is 1. The maximum Gasteiger partial charge on any atom is 0.323 e. The third-order valence-corrected chi connectivity index (χ3v) is 2.27. The summed E-state index contributed by atoms with van der Waals surface area (Å²) in [5.74, 6) is -1.75. The molecule has 0 atom stereocenters. The number of nitro benzene ring substituents is 1. The summed E-state index contributed by atoms with van der Waals surface area (Å²) in [5, 5.41) is 10.3. The van der Waals surface area contributed by atoms with Crippen molar-refractivity contribution in [2.75, 3.05) is 6.61 Å². The molecule has 0 aliphatic heterocycles. The molecule has 1 rings (SSSR count). The van der Waals surface area contributed by atoms with Crippen LogP contribution in [0.5, 0.6) is 0 Å². The second kappa shape index (κ2) is 5.58. The highest BCUT2D eigenvalue weighted by molar-refractivity contribution is 6.32. The van der Waals surface area contributed by atoms with Gasteiger partial charge >= 0.3 is 11.7 Å². The van der Waals surface area contributed by atoms with E-state index in [1.54, 1.807) is 6.92 Å². The van der Waals surface area contributed by atoms with Crippen molar-refractivity contribution in [1.29, 1.82) is 0 Å². The lowest BCUT2D eigenvalue weighted by molar-refractivity contribution is -0.387. The Morgan fingerprint density at radius 2 is 2.24 bits per heavy atom. The molecule has 5 nitrogen and oxygen atoms in total. The fourth-order valence-corrected chi connectivity index (χ4v) is 1.47. The smallest absolute Gasteiger partial charge is 0.323 e. The van der Waals surface area contributed by atoms with Crippen LogP contribution in [0.1, 0.15) is 12.5 Å². The molecule has 0 aromatic heterocycles. The number of halogens is 2. The summed E-state index contributed by atoms with van der Waals surface area (Å²) < 4.78 is 18.3. The molecule has 7 heteroatoms. The van der Waals surface area contributed by atoms with Gasteiger partial charge in [-0.3, -0.25) is 14.9 Å². The van der Waals surface area contributed by atoms with Gasteiger partial charge in [-0.15, -0.1) is 0 Å². The van der Waals surface area contributed by atoms with E-state index in [-0.39, 0.29) is 23.6 Å². The first-order valence-corrected chi connectivity index (χ1v) is 5.12. The number of benzene rings is 1. The summed E-state index contributed by atoms with van der Waals surface area (Å²) in [4.78, 5) is 20.8. The molecule has 0 aliphatic rings. The van der Waals surface area contributed by atoms with Gasteiger partial charge < -0.3 is 4.74 Å². The fourth-order valence-electron chi connectivity index (χ4n) is 1.25. The highest BCUT2D eigenvalue weighted by Crippen LogP contribution is 2.29. The minimum atomic E-state index is -1.10. The van der Waals surface area contributed by atoms with Gasteiger partial charge in [0.05, 0.1) is 18.0 Å². The molecule has 1 aromatic carbocycles. The van der Waals surface area contributed by atoms with Crippen molar-refractivity contribution in [2.45, 2.75) is 13.3 Å². The Bertz CT molecular complexity index is 464. The van der Waals surface area contributed by atoms with Gasteiger partial charge in [0.2, 0.25) is 5.82 Å². The lowest BCUT2D eigenvalue weighted by Crippen LogP contribution is -2.09. The van der Waals surface area contributed by atoms with Crippen LogP contribution in [0.15, 0.2) is 12.1 Å². The number of hydrogen-bond donors (Lipinski definition) is 0. The van der Waals surface area contributed by atoms with Gasteiger partial charge in [0.25, 0.3) is 0 Å². The van der Waals surface area contributed by atoms with Crippen molar-refractivity contribution in [3.8, 4) is 0 Å². The summed E-state index contributed by atoms with van der Waals surface area (Å²) >= 11 is 5.50. The van der Waals surface area contributed by atoms with Crippen molar-refractivity contribution in [3.63, 3.8) is 0 Å². The normalized spacial score (nSPS) is 10.1. The van der Waals surface area contributed by atoms with Gasteiger partial charge in [-0.25, -0.2) is 0 Å². The second-order valence-electron chi connectivity index (χ2n) is 3.11. The monoisotopic (exact) mass is 261 g/mol. The van der Waals surface area contributed by atoms with E-state index in [1.807, 2.05) is 0 Å². The maximum absolute atomic E-state index is 13.7. The quantitative estimate of drug-likeness (QED) is 0.474. The Labute approximate surface area is 101 Å². The molecular formula is C10H9ClFNO4. The van der Waals surface area contributed by atoms with E-state index < -0.39 is 22.4 Å². The predicted octanol–water partition coefficient (Wildman–Crippen LogP) is 2.49. The summed E-state index contributed by atoms with van der Waals surface area (Å²) in [5.41, 5.74) is -0.937. The molecule has 17 heavy (non-hydrogen) atoms. The van der Waals surface area contributed by atoms with Crippen LogP contribution in [0.2, 0.25) is 5.02 Å². The van der Waals surface area contributed by atoms with Crippen molar-refractivity contribution in [2.24, 2.45) is 0 Å². The highest BCUT2D eigenvalue weighted by Gasteiger charge is 2.23. The summed E-state index contributed by atoms with van der Waals surface area (Å²) in [6, 6.07) is 2.40. The van der Waals surface area contributed by atoms with Gasteiger partial charge in [0.1, 0.15) is 5.02 Å². The molecule has 1 aromatic rings. The molecule has 0 unspecified atom stereocenters. The number of nitro groups is 1. The van der Waals surface area contributed by atoms with Gasteiger partial charge in [-0.2, -0.15) is 4.39 Å². The molecule has 92 valence electrons. The molecule has 0 fully saturated rings. The van der Waals surface area contributed by atoms with E-state index in [2.05, 4.69) is 4.74 Å². The Morgan fingerprint density at radius 1 is 1.59 bits per heavy atom. The van der Waals surface area contributed by atoms with Crippen molar-refractivity contribution in [3.05, 3.63) is 38.7 Å². The van der Waals surface area contributed by atoms with Crippen LogP contribution in [-0.2, 0) is 16.0 Å². The first-order valence-electron chi connectivity index (χ1n) is 4.74. The molecule has 0 radical (unpaired) electrons. The number of esters is 1. The molecule has 0 aliphatic carbocycles. The third kappa shape index (κ3) is 3.13. The van der Waals surface area contributed by atoms with E-state index in [9.17, 15) is 19.3 Å². The van der Waals surface area contributed by atoms with Crippen LogP contribution in [0.3, 0.4) is 0 Å². The van der Waals surface area contributed by atoms with Crippen LogP contribution in [0, 0.1) is 15.9 Å². The zero-order chi connectivity index (χ0) is 13.0. The molecule has 0 heterocycles. The van der Waals surface area contributed by atoms with Crippen LogP contribution in [-0.4, -0.2) is 17.5 Å². The van der Waals surface area contributed by atoms with Gasteiger partial charge in [0.15, 0.2) is 0 Å². The molecule has 0 amide bonds. The number of hydrogen-bond acceptors (Lipinski definition) is 4. The minimum Gasteiger partial charge on any atom is -0.466 e. The van der Waals surface area contributed by atoms with Crippen LogP contribution in [0.25, 0.3) is 0 Å². The van der Waals surface area contributed by atoms with Gasteiger partial charge in [0, 0.05) is 5.56 Å². The van der Waals surface area contributed by atoms with Crippen molar-refractivity contribution in [1.82, 2.24) is 0 Å². The van der Waals surface area contributed by atoms with Crippen LogP contribution < -0.4 is 0 Å². The molecular weight excluding hydrogens is 253 g/mol. The first kappa shape index (κ1) is 13.4.